The smallest absolute Gasteiger partial charge is 0.323 e. The van der Waals surface area contributed by atoms with Crippen LogP contribution in [0.25, 0.3) is 36.7 Å². The summed E-state index contributed by atoms with van der Waals surface area (Å²) in [5, 5.41) is 21.4. The number of hydrogen-bond donors (Lipinski definition) is 2. The zero-order chi connectivity index (χ0) is 32.5. The monoisotopic (exact) mass is 753 g/mol. The molecule has 279 valence electrons. The van der Waals surface area contributed by atoms with E-state index in [9.17, 15) is 0 Å². The average molecular weight is 754 g/mol. The molecule has 50 heavy (non-hydrogen) atoms. The van der Waals surface area contributed by atoms with Gasteiger partial charge in [0, 0.05) is 48.2 Å². The number of benzene rings is 2. The zero-order valence-corrected chi connectivity index (χ0v) is 31.0. The molecule has 1 aliphatic heterocycles. The predicted molar refractivity (Wildman–Crippen MR) is 203 cm³/mol. The number of anilines is 3. The molecule has 0 unspecified atom stereocenters. The number of para-hydroxylation sites is 1. The van der Waals surface area contributed by atoms with Gasteiger partial charge in [-0.2, -0.15) is 41.1 Å². The van der Waals surface area contributed by atoms with Crippen molar-refractivity contribution in [1.82, 2.24) is 24.8 Å². The van der Waals surface area contributed by atoms with Gasteiger partial charge in [0.05, 0.1) is 16.8 Å². The van der Waals surface area contributed by atoms with E-state index in [-0.39, 0.29) is 27.7 Å². The van der Waals surface area contributed by atoms with Gasteiger partial charge in [-0.15, -0.1) is 24.4 Å². The van der Waals surface area contributed by atoms with Crippen molar-refractivity contribution in [2.75, 3.05) is 108 Å². The number of likely N-dealkylation sites (N-methyl/N-ethyl adjacent to an activating group) is 1. The molecule has 1 aliphatic rings. The van der Waals surface area contributed by atoms with Crippen LogP contribution >= 0.6 is 11.3 Å². The molecule has 4 aromatic rings. The van der Waals surface area contributed by atoms with E-state index in [1.54, 1.807) is 11.3 Å². The van der Waals surface area contributed by atoms with Crippen molar-refractivity contribution >= 4 is 39.1 Å². The first-order chi connectivity index (χ1) is 23.2. The van der Waals surface area contributed by atoms with Gasteiger partial charge in [-0.05, 0) is 68.9 Å². The van der Waals surface area contributed by atoms with E-state index in [1.807, 2.05) is 6.07 Å². The van der Waals surface area contributed by atoms with Crippen molar-refractivity contribution in [2.45, 2.75) is 26.2 Å². The van der Waals surface area contributed by atoms with Crippen molar-refractivity contribution in [2.24, 2.45) is 0 Å². The Bertz CT molecular complexity index is 1440. The van der Waals surface area contributed by atoms with Crippen LogP contribution in [-0.4, -0.2) is 128 Å². The fourth-order valence-corrected chi connectivity index (χ4v) is 6.07. The Morgan fingerprint density at radius 2 is 1.42 bits per heavy atom. The fourth-order valence-electron chi connectivity index (χ4n) is 5.09. The summed E-state index contributed by atoms with van der Waals surface area (Å²) in [7, 11) is 2.06. The zero-order valence-electron chi connectivity index (χ0n) is 29.1. The molecule has 0 amide bonds. The Hall–Kier alpha value is -3.19. The SMILES string of the molecule is CCCCNc1nc(NCCCN2CC[N-]CC[N-]CC[N-]CC2)nc(OCCN(C)c2ccc(-c3nc4ccccc4s3)cc2)n1.O.O.[Co]. The number of aromatic nitrogens is 4. The summed E-state index contributed by atoms with van der Waals surface area (Å²) >= 11 is 1.72. The third-order valence-corrected chi connectivity index (χ3v) is 8.94. The predicted octanol–water partition coefficient (Wildman–Crippen LogP) is 4.46. The summed E-state index contributed by atoms with van der Waals surface area (Å²) in [6.45, 7) is 12.6. The largest absolute Gasteiger partial charge is 0.665 e. The molecule has 2 aromatic carbocycles. The first kappa shape index (κ1) is 43.0. The Morgan fingerprint density at radius 1 is 0.800 bits per heavy atom. The van der Waals surface area contributed by atoms with E-state index in [0.717, 1.165) is 113 Å². The van der Waals surface area contributed by atoms with E-state index in [2.05, 4.69) is 108 Å². The van der Waals surface area contributed by atoms with E-state index in [1.165, 1.54) is 4.70 Å². The fraction of sp³-hybridized carbons (Fsp3) is 0.529. The Labute approximate surface area is 310 Å². The molecule has 14 nitrogen and oxygen atoms in total. The average Bonchev–Trinajstić information content (AvgIpc) is 3.52. The van der Waals surface area contributed by atoms with Crippen molar-refractivity contribution in [3.05, 3.63) is 64.5 Å². The van der Waals surface area contributed by atoms with Gasteiger partial charge in [-0.25, -0.2) is 4.98 Å². The van der Waals surface area contributed by atoms with E-state index in [4.69, 9.17) is 9.72 Å². The topological polar surface area (TPSA) is 197 Å². The third kappa shape index (κ3) is 14.2. The van der Waals surface area contributed by atoms with E-state index < -0.39 is 0 Å². The van der Waals surface area contributed by atoms with Crippen LogP contribution in [0.4, 0.5) is 17.6 Å². The van der Waals surface area contributed by atoms with Gasteiger partial charge in [0.25, 0.3) is 0 Å². The van der Waals surface area contributed by atoms with Crippen LogP contribution in [0.1, 0.15) is 26.2 Å². The maximum atomic E-state index is 6.05. The Kier molecular flexibility index (Phi) is 20.7. The number of nitrogens with one attached hydrogen (secondary N) is 2. The second-order valence-corrected chi connectivity index (χ2v) is 12.5. The first-order valence-electron chi connectivity index (χ1n) is 16.8. The van der Waals surface area contributed by atoms with Crippen molar-refractivity contribution in [1.29, 1.82) is 0 Å². The van der Waals surface area contributed by atoms with Crippen molar-refractivity contribution < 1.29 is 32.5 Å². The minimum Gasteiger partial charge on any atom is -0.665 e. The van der Waals surface area contributed by atoms with Gasteiger partial charge in [0.2, 0.25) is 11.9 Å². The molecule has 2 aromatic heterocycles. The van der Waals surface area contributed by atoms with Crippen molar-refractivity contribution in [3.63, 3.8) is 0 Å². The third-order valence-electron chi connectivity index (χ3n) is 7.85. The summed E-state index contributed by atoms with van der Waals surface area (Å²) in [5.74, 6) is 1.05. The molecule has 1 fully saturated rings. The minimum absolute atomic E-state index is 0. The van der Waals surface area contributed by atoms with Gasteiger partial charge >= 0.3 is 6.01 Å². The molecule has 5 rings (SSSR count). The second-order valence-electron chi connectivity index (χ2n) is 11.5. The molecular weight excluding hydrogens is 701 g/mol. The molecule has 0 spiro atoms. The Morgan fingerprint density at radius 3 is 2.06 bits per heavy atom. The van der Waals surface area contributed by atoms with Gasteiger partial charge in [0.15, 0.2) is 0 Å². The molecule has 1 radical (unpaired) electrons. The molecule has 3 heterocycles. The molecule has 0 bridgehead atoms. The molecule has 16 heteroatoms. The standard InChI is InChI=1S/C34H48N11OS.Co.2H2O/c1-3-4-14-38-32-41-33(39-15-7-22-45-23-20-36-18-16-35-17-19-37-21-24-45)43-34(42-32)46-26-25-44(2)28-12-10-27(11-13-28)31-40-29-8-5-6-9-30(29)47-31;;;/h5-6,8-13H,3-4,7,14-26H2,1-2H3,(H2,38,39,41,42,43);;2*1H2/q-3;;;. The van der Waals surface area contributed by atoms with Gasteiger partial charge < -0.3 is 52.1 Å². The van der Waals surface area contributed by atoms with Crippen LogP contribution in [0.3, 0.4) is 0 Å². The maximum Gasteiger partial charge on any atom is 0.323 e. The normalized spacial score (nSPS) is 14.2. The maximum absolute atomic E-state index is 6.05. The number of nitrogens with zero attached hydrogens (tertiary/aromatic N) is 9. The van der Waals surface area contributed by atoms with Crippen LogP contribution in [0.2, 0.25) is 0 Å². The second kappa shape index (κ2) is 24.1. The number of unbranched alkanes of at least 4 members (excludes halogenated alkanes) is 1. The Balaban J connectivity index is 0.00000289. The van der Waals surface area contributed by atoms with Crippen LogP contribution in [0.15, 0.2) is 48.5 Å². The molecule has 0 aliphatic carbocycles. The summed E-state index contributed by atoms with van der Waals surface area (Å²) in [5.41, 5.74) is 3.26. The molecule has 1 saturated heterocycles. The van der Waals surface area contributed by atoms with Gasteiger partial charge in [0.1, 0.15) is 11.6 Å². The number of fused-ring (bicyclic) bond motifs is 1. The quantitative estimate of drug-likeness (QED) is 0.165. The summed E-state index contributed by atoms with van der Waals surface area (Å²) in [6.07, 6.45) is 3.08. The van der Waals surface area contributed by atoms with Crippen LogP contribution in [0, 0.1) is 0 Å². The van der Waals surface area contributed by atoms with Gasteiger partial charge in [-0.1, -0.05) is 25.5 Å². The molecule has 0 saturated carbocycles. The molecule has 6 N–H and O–H groups in total. The molecule has 0 atom stereocenters. The van der Waals surface area contributed by atoms with Gasteiger partial charge in [-0.3, -0.25) is 0 Å². The van der Waals surface area contributed by atoms with Crippen molar-refractivity contribution in [3.8, 4) is 16.6 Å². The minimum atomic E-state index is 0. The van der Waals surface area contributed by atoms with Crippen LogP contribution < -0.4 is 20.3 Å². The summed E-state index contributed by atoms with van der Waals surface area (Å²) in [4.78, 5) is 23.1. The number of rotatable bonds is 15. The number of thiazole rings is 1. The first-order valence-corrected chi connectivity index (χ1v) is 17.7. The number of hydrogen-bond acceptors (Lipinski definition) is 10. The summed E-state index contributed by atoms with van der Waals surface area (Å²) in [6, 6.07) is 17.1. The van der Waals surface area contributed by atoms with E-state index >= 15 is 0 Å². The molecular formula is C34H52CoN11O3S-3. The van der Waals surface area contributed by atoms with E-state index in [0.29, 0.717) is 31.1 Å². The number of ether oxygens (including phenoxy) is 1. The van der Waals surface area contributed by atoms with Crippen LogP contribution in [-0.2, 0) is 16.8 Å². The summed E-state index contributed by atoms with van der Waals surface area (Å²) < 4.78 is 7.25. The van der Waals surface area contributed by atoms with Crippen LogP contribution in [0.5, 0.6) is 6.01 Å².